The van der Waals surface area contributed by atoms with Crippen molar-refractivity contribution >= 4 is 21.4 Å². The smallest absolute Gasteiger partial charge is 0.183 e. The quantitative estimate of drug-likeness (QED) is 0.778. The van der Waals surface area contributed by atoms with Gasteiger partial charge in [-0.05, 0) is 19.1 Å². The zero-order chi connectivity index (χ0) is 13.6. The maximum atomic E-state index is 12.3. The Labute approximate surface area is 113 Å². The maximum Gasteiger partial charge on any atom is 0.183 e. The number of methoxy groups -OCH3 is 1. The Morgan fingerprint density at radius 1 is 1.39 bits per heavy atom. The third-order valence-electron chi connectivity index (χ3n) is 2.59. The van der Waals surface area contributed by atoms with Crippen LogP contribution < -0.4 is 5.32 Å². The van der Waals surface area contributed by atoms with E-state index < -0.39 is 15.1 Å². The van der Waals surface area contributed by atoms with Gasteiger partial charge in [-0.3, -0.25) is 0 Å². The zero-order valence-corrected chi connectivity index (χ0v) is 12.1. The molecule has 0 heterocycles. The number of ether oxygens (including phenoxy) is 1. The van der Waals surface area contributed by atoms with Crippen molar-refractivity contribution in [3.05, 3.63) is 29.3 Å². The van der Waals surface area contributed by atoms with Gasteiger partial charge >= 0.3 is 0 Å². The number of halogens is 1. The Hall–Kier alpha value is -0.620. The van der Waals surface area contributed by atoms with Gasteiger partial charge in [-0.1, -0.05) is 23.7 Å². The Balaban J connectivity index is 2.72. The molecular formula is C12H18ClNO3S. The van der Waals surface area contributed by atoms with Gasteiger partial charge in [0.2, 0.25) is 0 Å². The highest BCUT2D eigenvalue weighted by Gasteiger charge is 2.24. The molecule has 0 aromatic heterocycles. The molecule has 0 bridgehead atoms. The molecule has 1 rings (SSSR count). The SMILES string of the molecule is COCCNCC(C)S(=O)(=O)c1ccccc1Cl. The van der Waals surface area contributed by atoms with Gasteiger partial charge in [0.05, 0.1) is 21.8 Å². The molecule has 0 radical (unpaired) electrons. The fourth-order valence-electron chi connectivity index (χ4n) is 1.48. The Kier molecular flexibility index (Phi) is 6.08. The van der Waals surface area contributed by atoms with Crippen molar-refractivity contribution in [1.29, 1.82) is 0 Å². The molecule has 1 unspecified atom stereocenters. The van der Waals surface area contributed by atoms with Gasteiger partial charge in [-0.25, -0.2) is 8.42 Å². The van der Waals surface area contributed by atoms with Crippen molar-refractivity contribution in [2.75, 3.05) is 26.8 Å². The average molecular weight is 292 g/mol. The van der Waals surface area contributed by atoms with E-state index in [0.29, 0.717) is 19.7 Å². The van der Waals surface area contributed by atoms with Crippen LogP contribution >= 0.6 is 11.6 Å². The third kappa shape index (κ3) is 3.95. The molecule has 0 saturated heterocycles. The summed E-state index contributed by atoms with van der Waals surface area (Å²) in [4.78, 5) is 0.188. The number of hydrogen-bond acceptors (Lipinski definition) is 4. The number of hydrogen-bond donors (Lipinski definition) is 1. The lowest BCUT2D eigenvalue weighted by Gasteiger charge is -2.14. The first kappa shape index (κ1) is 15.4. The Bertz CT molecular complexity index is 476. The van der Waals surface area contributed by atoms with E-state index in [0.717, 1.165) is 0 Å². The summed E-state index contributed by atoms with van der Waals surface area (Å²) in [5, 5.41) is 2.77. The lowest BCUT2D eigenvalue weighted by Crippen LogP contribution is -2.33. The van der Waals surface area contributed by atoms with Crippen LogP contribution in [0.5, 0.6) is 0 Å². The molecule has 18 heavy (non-hydrogen) atoms. The number of rotatable bonds is 7. The Morgan fingerprint density at radius 3 is 2.67 bits per heavy atom. The van der Waals surface area contributed by atoms with Gasteiger partial charge in [-0.2, -0.15) is 0 Å². The summed E-state index contributed by atoms with van der Waals surface area (Å²) in [7, 11) is -1.79. The number of benzene rings is 1. The molecule has 0 amide bonds. The molecule has 102 valence electrons. The van der Waals surface area contributed by atoms with Gasteiger partial charge < -0.3 is 10.1 Å². The Morgan fingerprint density at radius 2 is 2.06 bits per heavy atom. The molecule has 0 aliphatic heterocycles. The first-order valence-corrected chi connectivity index (χ1v) is 7.60. The molecule has 0 fully saturated rings. The summed E-state index contributed by atoms with van der Waals surface area (Å²) in [6.45, 7) is 3.22. The molecule has 1 atom stereocenters. The van der Waals surface area contributed by atoms with Gasteiger partial charge in [0.25, 0.3) is 0 Å². The van der Waals surface area contributed by atoms with Crippen LogP contribution in [0, 0.1) is 0 Å². The molecule has 4 nitrogen and oxygen atoms in total. The van der Waals surface area contributed by atoms with E-state index in [1.165, 1.54) is 6.07 Å². The maximum absolute atomic E-state index is 12.3. The standard InChI is InChI=1S/C12H18ClNO3S/c1-10(9-14-7-8-17-2)18(15,16)12-6-4-3-5-11(12)13/h3-6,10,14H,7-9H2,1-2H3. The third-order valence-corrected chi connectivity index (χ3v) is 5.22. The predicted molar refractivity (Wildman–Crippen MR) is 72.8 cm³/mol. The summed E-state index contributed by atoms with van der Waals surface area (Å²) in [5.41, 5.74) is 0. The molecule has 1 aromatic rings. The van der Waals surface area contributed by atoms with Crippen LogP contribution in [0.4, 0.5) is 0 Å². The van der Waals surface area contributed by atoms with Crippen molar-refractivity contribution in [2.24, 2.45) is 0 Å². The minimum absolute atomic E-state index is 0.188. The molecule has 0 spiro atoms. The number of sulfone groups is 1. The molecule has 0 aliphatic rings. The minimum Gasteiger partial charge on any atom is -0.383 e. The van der Waals surface area contributed by atoms with Crippen molar-refractivity contribution in [2.45, 2.75) is 17.1 Å². The summed E-state index contributed by atoms with van der Waals surface area (Å²) in [6, 6.07) is 6.50. The minimum atomic E-state index is -3.39. The van der Waals surface area contributed by atoms with E-state index >= 15 is 0 Å². The second-order valence-corrected chi connectivity index (χ2v) is 6.72. The normalized spacial score (nSPS) is 13.5. The summed E-state index contributed by atoms with van der Waals surface area (Å²) >= 11 is 5.92. The monoisotopic (exact) mass is 291 g/mol. The van der Waals surface area contributed by atoms with Crippen molar-refractivity contribution in [3.8, 4) is 0 Å². The van der Waals surface area contributed by atoms with Gasteiger partial charge in [-0.15, -0.1) is 0 Å². The van der Waals surface area contributed by atoms with E-state index in [-0.39, 0.29) is 9.92 Å². The van der Waals surface area contributed by atoms with E-state index in [4.69, 9.17) is 16.3 Å². The molecular weight excluding hydrogens is 274 g/mol. The number of nitrogens with one attached hydrogen (secondary N) is 1. The summed E-state index contributed by atoms with van der Waals surface area (Å²) < 4.78 is 29.4. The highest BCUT2D eigenvalue weighted by Crippen LogP contribution is 2.24. The van der Waals surface area contributed by atoms with E-state index in [9.17, 15) is 8.42 Å². The van der Waals surface area contributed by atoms with Crippen LogP contribution in [0.2, 0.25) is 5.02 Å². The zero-order valence-electron chi connectivity index (χ0n) is 10.5. The van der Waals surface area contributed by atoms with Crippen LogP contribution in [-0.4, -0.2) is 40.5 Å². The highest BCUT2D eigenvalue weighted by atomic mass is 35.5. The fourth-order valence-corrected chi connectivity index (χ4v) is 3.32. The average Bonchev–Trinajstić information content (AvgIpc) is 2.34. The van der Waals surface area contributed by atoms with Crippen molar-refractivity contribution in [1.82, 2.24) is 5.32 Å². The second kappa shape index (κ2) is 7.09. The largest absolute Gasteiger partial charge is 0.383 e. The van der Waals surface area contributed by atoms with Crippen LogP contribution in [0.25, 0.3) is 0 Å². The van der Waals surface area contributed by atoms with E-state index in [2.05, 4.69) is 5.32 Å². The molecule has 1 aromatic carbocycles. The van der Waals surface area contributed by atoms with Crippen molar-refractivity contribution < 1.29 is 13.2 Å². The van der Waals surface area contributed by atoms with E-state index in [1.54, 1.807) is 32.2 Å². The highest BCUT2D eigenvalue weighted by molar-refractivity contribution is 7.92. The molecule has 1 N–H and O–H groups in total. The molecule has 0 aliphatic carbocycles. The second-order valence-electron chi connectivity index (χ2n) is 3.98. The first-order chi connectivity index (χ1) is 8.50. The van der Waals surface area contributed by atoms with Gasteiger partial charge in [0.1, 0.15) is 0 Å². The first-order valence-electron chi connectivity index (χ1n) is 5.68. The van der Waals surface area contributed by atoms with Crippen molar-refractivity contribution in [3.63, 3.8) is 0 Å². The lowest BCUT2D eigenvalue weighted by molar-refractivity contribution is 0.199. The van der Waals surface area contributed by atoms with Gasteiger partial charge in [0, 0.05) is 20.2 Å². The summed E-state index contributed by atoms with van der Waals surface area (Å²) in [6.07, 6.45) is 0. The molecule has 0 saturated carbocycles. The van der Waals surface area contributed by atoms with Crippen LogP contribution in [0.3, 0.4) is 0 Å². The summed E-state index contributed by atoms with van der Waals surface area (Å²) in [5.74, 6) is 0. The predicted octanol–water partition coefficient (Wildman–Crippen LogP) is 1.74. The van der Waals surface area contributed by atoms with E-state index in [1.807, 2.05) is 0 Å². The van der Waals surface area contributed by atoms with Gasteiger partial charge in [0.15, 0.2) is 9.84 Å². The van der Waals surface area contributed by atoms with Crippen LogP contribution in [0.15, 0.2) is 29.2 Å². The fraction of sp³-hybridized carbons (Fsp3) is 0.500. The molecule has 6 heteroatoms. The van der Waals surface area contributed by atoms with Crippen LogP contribution in [0.1, 0.15) is 6.92 Å². The lowest BCUT2D eigenvalue weighted by atomic mass is 10.4. The van der Waals surface area contributed by atoms with Crippen LogP contribution in [-0.2, 0) is 14.6 Å². The topological polar surface area (TPSA) is 55.4 Å².